The standard InChI is InChI=1S/C21H12F6O3/c1-3-5-13-11-15(20(22,23)24)7-9-17(13)29-19(28)30-18-10-8-16(21(25,26)27)12-14(18)6-4-2/h1-2,7-12H,5-6H2. The maximum atomic E-state index is 12.8. The number of terminal acetylenes is 2. The summed E-state index contributed by atoms with van der Waals surface area (Å²) in [6.07, 6.45) is -0.922. The third-order valence-corrected chi connectivity index (χ3v) is 3.75. The molecule has 2 aromatic rings. The van der Waals surface area contributed by atoms with Crippen LogP contribution in [0.15, 0.2) is 36.4 Å². The van der Waals surface area contributed by atoms with Crippen LogP contribution in [0.25, 0.3) is 0 Å². The van der Waals surface area contributed by atoms with Crippen molar-refractivity contribution in [2.75, 3.05) is 0 Å². The lowest BCUT2D eigenvalue weighted by Crippen LogP contribution is -2.16. The normalized spacial score (nSPS) is 11.3. The van der Waals surface area contributed by atoms with Crippen LogP contribution in [0.1, 0.15) is 22.3 Å². The first kappa shape index (κ1) is 22.7. The van der Waals surface area contributed by atoms with E-state index in [1.807, 2.05) is 0 Å². The van der Waals surface area contributed by atoms with Crippen molar-refractivity contribution in [3.05, 3.63) is 58.7 Å². The van der Waals surface area contributed by atoms with Gasteiger partial charge in [-0.1, -0.05) is 0 Å². The lowest BCUT2D eigenvalue weighted by Gasteiger charge is -2.14. The van der Waals surface area contributed by atoms with E-state index in [4.69, 9.17) is 22.3 Å². The van der Waals surface area contributed by atoms with E-state index in [0.717, 1.165) is 24.3 Å². The van der Waals surface area contributed by atoms with E-state index in [0.29, 0.717) is 12.1 Å². The minimum absolute atomic E-state index is 0.0967. The van der Waals surface area contributed by atoms with Crippen LogP contribution in [0.4, 0.5) is 31.1 Å². The molecule has 30 heavy (non-hydrogen) atoms. The Hall–Kier alpha value is -3.59. The third kappa shape index (κ3) is 5.71. The Kier molecular flexibility index (Phi) is 6.68. The Labute approximate surface area is 167 Å². The number of carbonyl (C=O) groups excluding carboxylic acids is 1. The summed E-state index contributed by atoms with van der Waals surface area (Å²) in [5, 5.41) is 0. The van der Waals surface area contributed by atoms with Gasteiger partial charge >= 0.3 is 18.5 Å². The predicted octanol–water partition coefficient (Wildman–Crippen LogP) is 5.65. The third-order valence-electron chi connectivity index (χ3n) is 3.75. The Balaban J connectivity index is 2.27. The summed E-state index contributed by atoms with van der Waals surface area (Å²) in [5.41, 5.74) is -2.18. The van der Waals surface area contributed by atoms with Crippen LogP contribution in [0, 0.1) is 24.7 Å². The van der Waals surface area contributed by atoms with Crippen molar-refractivity contribution < 1.29 is 40.6 Å². The van der Waals surface area contributed by atoms with E-state index in [1.54, 1.807) is 0 Å². The molecular weight excluding hydrogens is 414 g/mol. The first-order valence-electron chi connectivity index (χ1n) is 8.12. The highest BCUT2D eigenvalue weighted by molar-refractivity contribution is 5.68. The maximum Gasteiger partial charge on any atom is 0.519 e. The molecule has 0 fully saturated rings. The van der Waals surface area contributed by atoms with Crippen molar-refractivity contribution in [2.24, 2.45) is 0 Å². The fourth-order valence-corrected chi connectivity index (χ4v) is 2.41. The molecule has 2 rings (SSSR count). The second-order valence-electron chi connectivity index (χ2n) is 5.86. The highest BCUT2D eigenvalue weighted by Crippen LogP contribution is 2.34. The van der Waals surface area contributed by atoms with Crippen LogP contribution in [0.3, 0.4) is 0 Å². The van der Waals surface area contributed by atoms with Gasteiger partial charge in [0.25, 0.3) is 0 Å². The van der Waals surface area contributed by atoms with Gasteiger partial charge in [0.2, 0.25) is 0 Å². The van der Waals surface area contributed by atoms with E-state index in [2.05, 4.69) is 11.8 Å². The van der Waals surface area contributed by atoms with Crippen molar-refractivity contribution in [1.82, 2.24) is 0 Å². The van der Waals surface area contributed by atoms with Crippen LogP contribution < -0.4 is 9.47 Å². The largest absolute Gasteiger partial charge is 0.519 e. The Morgan fingerprint density at radius 2 is 1.13 bits per heavy atom. The number of ether oxygens (including phenoxy) is 2. The van der Waals surface area contributed by atoms with E-state index < -0.39 is 29.6 Å². The lowest BCUT2D eigenvalue weighted by atomic mass is 10.1. The first-order valence-corrected chi connectivity index (χ1v) is 8.12. The zero-order chi connectivity index (χ0) is 22.5. The number of rotatable bonds is 4. The molecule has 156 valence electrons. The van der Waals surface area contributed by atoms with Crippen molar-refractivity contribution in [2.45, 2.75) is 25.2 Å². The van der Waals surface area contributed by atoms with E-state index in [1.165, 1.54) is 0 Å². The number of carbonyl (C=O) groups is 1. The van der Waals surface area contributed by atoms with Crippen molar-refractivity contribution >= 4 is 6.16 Å². The molecule has 9 heteroatoms. The number of benzene rings is 2. The highest BCUT2D eigenvalue weighted by Gasteiger charge is 2.32. The van der Waals surface area contributed by atoms with Crippen LogP contribution in [0.5, 0.6) is 11.5 Å². The molecular formula is C21H12F6O3. The zero-order valence-electron chi connectivity index (χ0n) is 15.0. The Bertz CT molecular complexity index is 941. The molecule has 0 atom stereocenters. The topological polar surface area (TPSA) is 35.5 Å². The minimum atomic E-state index is -4.63. The van der Waals surface area contributed by atoms with Crippen molar-refractivity contribution in [3.63, 3.8) is 0 Å². The SMILES string of the molecule is C#CCc1cc(C(F)(F)F)ccc1OC(=O)Oc1ccc(C(F)(F)F)cc1CC#C. The summed E-state index contributed by atoms with van der Waals surface area (Å²) >= 11 is 0. The van der Waals surface area contributed by atoms with Crippen molar-refractivity contribution in [3.8, 4) is 36.2 Å². The van der Waals surface area contributed by atoms with Gasteiger partial charge in [0.15, 0.2) is 0 Å². The quantitative estimate of drug-likeness (QED) is 0.274. The van der Waals surface area contributed by atoms with Gasteiger partial charge in [-0.3, -0.25) is 0 Å². The number of hydrogen-bond acceptors (Lipinski definition) is 3. The molecule has 0 radical (unpaired) electrons. The summed E-state index contributed by atoms with van der Waals surface area (Å²) in [4.78, 5) is 12.1. The molecule has 0 saturated heterocycles. The lowest BCUT2D eigenvalue weighted by molar-refractivity contribution is -0.138. The van der Waals surface area contributed by atoms with Gasteiger partial charge in [-0.2, -0.15) is 26.3 Å². The fourth-order valence-electron chi connectivity index (χ4n) is 2.41. The monoisotopic (exact) mass is 426 g/mol. The molecule has 0 saturated carbocycles. The van der Waals surface area contributed by atoms with Crippen LogP contribution >= 0.6 is 0 Å². The van der Waals surface area contributed by atoms with Crippen molar-refractivity contribution in [1.29, 1.82) is 0 Å². The highest BCUT2D eigenvalue weighted by atomic mass is 19.4. The second-order valence-corrected chi connectivity index (χ2v) is 5.86. The molecule has 0 aromatic heterocycles. The molecule has 0 amide bonds. The molecule has 0 spiro atoms. The molecule has 2 aromatic carbocycles. The maximum absolute atomic E-state index is 12.8. The van der Waals surface area contributed by atoms with Crippen LogP contribution in [-0.4, -0.2) is 6.16 Å². The van der Waals surface area contributed by atoms with Gasteiger partial charge < -0.3 is 9.47 Å². The van der Waals surface area contributed by atoms with Gasteiger partial charge in [-0.25, -0.2) is 4.79 Å². The predicted molar refractivity (Wildman–Crippen MR) is 94.6 cm³/mol. The van der Waals surface area contributed by atoms with Gasteiger partial charge in [0.1, 0.15) is 11.5 Å². The molecule has 0 N–H and O–H groups in total. The summed E-state index contributed by atoms with van der Waals surface area (Å²) in [6.45, 7) is 0. The smallest absolute Gasteiger partial charge is 0.394 e. The molecule has 0 unspecified atom stereocenters. The Morgan fingerprint density at radius 1 is 0.767 bits per heavy atom. The average molecular weight is 426 g/mol. The molecule has 0 aliphatic heterocycles. The number of alkyl halides is 6. The summed E-state index contributed by atoms with van der Waals surface area (Å²) in [7, 11) is 0. The zero-order valence-corrected chi connectivity index (χ0v) is 15.0. The van der Waals surface area contributed by atoms with E-state index in [-0.39, 0.29) is 35.5 Å². The van der Waals surface area contributed by atoms with Gasteiger partial charge in [-0.05, 0) is 36.4 Å². The van der Waals surface area contributed by atoms with Gasteiger partial charge in [0.05, 0.1) is 11.1 Å². The summed E-state index contributed by atoms with van der Waals surface area (Å²) < 4.78 is 86.9. The molecule has 0 bridgehead atoms. The van der Waals surface area contributed by atoms with E-state index in [9.17, 15) is 31.1 Å². The fraction of sp³-hybridized carbons (Fsp3) is 0.190. The van der Waals surface area contributed by atoms with Gasteiger partial charge in [-0.15, -0.1) is 24.7 Å². The number of halogens is 6. The minimum Gasteiger partial charge on any atom is -0.394 e. The summed E-state index contributed by atoms with van der Waals surface area (Å²) in [6, 6.07) is 4.61. The van der Waals surface area contributed by atoms with Gasteiger partial charge in [0, 0.05) is 24.0 Å². The average Bonchev–Trinajstić information content (AvgIpc) is 2.63. The first-order chi connectivity index (χ1) is 14.0. The molecule has 0 aliphatic rings. The molecule has 0 heterocycles. The second kappa shape index (κ2) is 8.83. The molecule has 0 aliphatic carbocycles. The summed E-state index contributed by atoms with van der Waals surface area (Å²) in [5.74, 6) is 3.73. The number of hydrogen-bond donors (Lipinski definition) is 0. The Morgan fingerprint density at radius 3 is 1.43 bits per heavy atom. The van der Waals surface area contributed by atoms with Crippen LogP contribution in [0.2, 0.25) is 0 Å². The molecule has 3 nitrogen and oxygen atoms in total. The van der Waals surface area contributed by atoms with Crippen LogP contribution in [-0.2, 0) is 25.2 Å². The van der Waals surface area contributed by atoms with E-state index >= 15 is 0 Å².